The number of benzene rings is 3. The number of aromatic nitrogens is 1. The molecule has 0 amide bonds. The average molecular weight is 417 g/mol. The number of hydrogen-bond acceptors (Lipinski definition) is 4. The predicted molar refractivity (Wildman–Crippen MR) is 124 cm³/mol. The Morgan fingerprint density at radius 3 is 2.52 bits per heavy atom. The quantitative estimate of drug-likeness (QED) is 0.425. The first-order valence-corrected chi connectivity index (χ1v) is 10.4. The van der Waals surface area contributed by atoms with Gasteiger partial charge in [0.1, 0.15) is 18.1 Å². The summed E-state index contributed by atoms with van der Waals surface area (Å²) in [6, 6.07) is 25.9. The Balaban J connectivity index is 1.61. The van der Waals surface area contributed by atoms with Gasteiger partial charge in [-0.25, -0.2) is 0 Å². The molecule has 5 heteroatoms. The summed E-state index contributed by atoms with van der Waals surface area (Å²) < 4.78 is 13.6. The van der Waals surface area contributed by atoms with Crippen molar-refractivity contribution in [2.24, 2.45) is 0 Å². The lowest BCUT2D eigenvalue weighted by Crippen LogP contribution is -2.33. The van der Waals surface area contributed by atoms with Gasteiger partial charge in [0.25, 0.3) is 0 Å². The van der Waals surface area contributed by atoms with Gasteiger partial charge in [0, 0.05) is 29.2 Å². The van der Waals surface area contributed by atoms with E-state index in [0.717, 1.165) is 33.5 Å². The van der Waals surface area contributed by atoms with Crippen molar-refractivity contribution in [1.82, 2.24) is 9.88 Å². The van der Waals surface area contributed by atoms with E-state index >= 15 is 0 Å². The van der Waals surface area contributed by atoms with E-state index in [9.17, 15) is 5.11 Å². The first kappa shape index (κ1) is 21.0. The molecule has 0 aliphatic rings. The fraction of sp³-hybridized carbons (Fsp3) is 0.231. The summed E-state index contributed by atoms with van der Waals surface area (Å²) in [5.41, 5.74) is 3.12. The minimum atomic E-state index is -0.565. The molecule has 1 aromatic heterocycles. The molecule has 0 aliphatic heterocycles. The van der Waals surface area contributed by atoms with Gasteiger partial charge in [-0.1, -0.05) is 48.5 Å². The molecule has 4 rings (SSSR count). The van der Waals surface area contributed by atoms with Crippen LogP contribution in [-0.4, -0.2) is 36.5 Å². The van der Waals surface area contributed by atoms with E-state index < -0.39 is 6.10 Å². The van der Waals surface area contributed by atoms with Crippen LogP contribution in [0.5, 0.6) is 11.5 Å². The van der Waals surface area contributed by atoms with Crippen LogP contribution in [0.4, 0.5) is 0 Å². The molecular formula is C26H28N2O3. The van der Waals surface area contributed by atoms with Crippen molar-refractivity contribution < 1.29 is 14.6 Å². The second kappa shape index (κ2) is 9.69. The molecule has 4 aromatic rings. The maximum absolute atomic E-state index is 10.9. The first-order chi connectivity index (χ1) is 15.2. The fourth-order valence-corrected chi connectivity index (χ4v) is 4.00. The Morgan fingerprint density at radius 2 is 1.74 bits per heavy atom. The standard InChI is InChI=1S/C26H28N2O3/c1-27-17-24(29)26(19-8-4-3-5-9-19)28-15-14-20-16-22(12-13-23(20)28)31-18-21-10-6-7-11-25(21)30-2/h3-16,24,26-27,29H,17-18H2,1-2H3/t24-,26+/m1/s1. The molecule has 2 N–H and O–H groups in total. The van der Waals surface area contributed by atoms with Crippen LogP contribution in [0.3, 0.4) is 0 Å². The highest BCUT2D eigenvalue weighted by Gasteiger charge is 2.23. The van der Waals surface area contributed by atoms with E-state index in [4.69, 9.17) is 9.47 Å². The van der Waals surface area contributed by atoms with Crippen LogP contribution in [-0.2, 0) is 6.61 Å². The molecule has 1 heterocycles. The molecular weight excluding hydrogens is 388 g/mol. The van der Waals surface area contributed by atoms with Gasteiger partial charge in [0.15, 0.2) is 0 Å². The van der Waals surface area contributed by atoms with Crippen molar-refractivity contribution in [1.29, 1.82) is 0 Å². The number of aliphatic hydroxyl groups excluding tert-OH is 1. The molecule has 2 atom stereocenters. The van der Waals surface area contributed by atoms with E-state index in [0.29, 0.717) is 13.2 Å². The lowest BCUT2D eigenvalue weighted by molar-refractivity contribution is 0.132. The molecule has 160 valence electrons. The van der Waals surface area contributed by atoms with Crippen molar-refractivity contribution in [2.75, 3.05) is 20.7 Å². The second-order valence-electron chi connectivity index (χ2n) is 7.52. The zero-order valence-corrected chi connectivity index (χ0v) is 17.9. The molecule has 0 aliphatic carbocycles. The van der Waals surface area contributed by atoms with E-state index in [1.807, 2.05) is 67.8 Å². The SMILES string of the molecule is CNC[C@@H](O)[C@H](c1ccccc1)n1ccc2cc(OCc3ccccc3OC)ccc21. The normalized spacial score (nSPS) is 13.1. The van der Waals surface area contributed by atoms with Crippen molar-refractivity contribution >= 4 is 10.9 Å². The van der Waals surface area contributed by atoms with Gasteiger partial charge in [0.2, 0.25) is 0 Å². The highest BCUT2D eigenvalue weighted by molar-refractivity contribution is 5.82. The molecule has 0 saturated carbocycles. The van der Waals surface area contributed by atoms with Crippen LogP contribution >= 0.6 is 0 Å². The molecule has 0 bridgehead atoms. The average Bonchev–Trinajstić information content (AvgIpc) is 3.22. The van der Waals surface area contributed by atoms with Gasteiger partial charge in [-0.2, -0.15) is 0 Å². The van der Waals surface area contributed by atoms with Gasteiger partial charge in [-0.05, 0) is 42.9 Å². The Hall–Kier alpha value is -3.28. The van der Waals surface area contributed by atoms with E-state index in [1.165, 1.54) is 0 Å². The number of nitrogens with one attached hydrogen (secondary N) is 1. The van der Waals surface area contributed by atoms with E-state index in [-0.39, 0.29) is 6.04 Å². The lowest BCUT2D eigenvalue weighted by atomic mass is 10.0. The third-order valence-corrected chi connectivity index (χ3v) is 5.50. The highest BCUT2D eigenvalue weighted by atomic mass is 16.5. The molecule has 0 saturated heterocycles. The van der Waals surface area contributed by atoms with Gasteiger partial charge >= 0.3 is 0 Å². The minimum Gasteiger partial charge on any atom is -0.496 e. The van der Waals surface area contributed by atoms with Crippen LogP contribution in [0.25, 0.3) is 10.9 Å². The summed E-state index contributed by atoms with van der Waals surface area (Å²) in [5, 5.41) is 15.0. The molecule has 0 unspecified atom stereocenters. The van der Waals surface area contributed by atoms with Crippen LogP contribution in [0.15, 0.2) is 85.1 Å². The van der Waals surface area contributed by atoms with Crippen LogP contribution in [0.2, 0.25) is 0 Å². The molecule has 3 aromatic carbocycles. The molecule has 0 fully saturated rings. The third-order valence-electron chi connectivity index (χ3n) is 5.50. The van der Waals surface area contributed by atoms with Crippen molar-refractivity contribution in [2.45, 2.75) is 18.8 Å². The fourth-order valence-electron chi connectivity index (χ4n) is 4.00. The van der Waals surface area contributed by atoms with Crippen LogP contribution in [0.1, 0.15) is 17.2 Å². The maximum Gasteiger partial charge on any atom is 0.125 e. The smallest absolute Gasteiger partial charge is 0.125 e. The number of rotatable bonds is 9. The number of methoxy groups -OCH3 is 1. The third kappa shape index (κ3) is 4.58. The first-order valence-electron chi connectivity index (χ1n) is 10.4. The summed E-state index contributed by atoms with van der Waals surface area (Å²) >= 11 is 0. The minimum absolute atomic E-state index is 0.188. The largest absolute Gasteiger partial charge is 0.496 e. The Labute approximate surface area is 182 Å². The van der Waals surface area contributed by atoms with Gasteiger partial charge in [0.05, 0.1) is 19.3 Å². The van der Waals surface area contributed by atoms with E-state index in [1.54, 1.807) is 7.11 Å². The second-order valence-corrected chi connectivity index (χ2v) is 7.52. The zero-order valence-electron chi connectivity index (χ0n) is 17.9. The van der Waals surface area contributed by atoms with Crippen LogP contribution in [0, 0.1) is 0 Å². The topological polar surface area (TPSA) is 55.7 Å². The highest BCUT2D eigenvalue weighted by Crippen LogP contribution is 2.30. The monoisotopic (exact) mass is 416 g/mol. The Morgan fingerprint density at radius 1 is 0.968 bits per heavy atom. The van der Waals surface area contributed by atoms with Gasteiger partial charge < -0.3 is 24.5 Å². The number of aliphatic hydroxyl groups is 1. The summed E-state index contributed by atoms with van der Waals surface area (Å²) in [6.07, 6.45) is 1.47. The Bertz CT molecular complexity index is 1120. The lowest BCUT2D eigenvalue weighted by Gasteiger charge is -2.26. The summed E-state index contributed by atoms with van der Waals surface area (Å²) in [4.78, 5) is 0. The van der Waals surface area contributed by atoms with Gasteiger partial charge in [-0.3, -0.25) is 0 Å². The summed E-state index contributed by atoms with van der Waals surface area (Å²) in [5.74, 6) is 1.61. The number of para-hydroxylation sites is 1. The van der Waals surface area contributed by atoms with E-state index in [2.05, 4.69) is 34.1 Å². The molecule has 31 heavy (non-hydrogen) atoms. The number of nitrogens with zero attached hydrogens (tertiary/aromatic N) is 1. The zero-order chi connectivity index (χ0) is 21.6. The van der Waals surface area contributed by atoms with Crippen molar-refractivity contribution in [3.63, 3.8) is 0 Å². The summed E-state index contributed by atoms with van der Waals surface area (Å²) in [7, 11) is 3.52. The van der Waals surface area contributed by atoms with Crippen molar-refractivity contribution in [3.8, 4) is 11.5 Å². The van der Waals surface area contributed by atoms with Gasteiger partial charge in [-0.15, -0.1) is 0 Å². The molecule has 0 spiro atoms. The number of hydrogen-bond donors (Lipinski definition) is 2. The predicted octanol–water partition coefficient (Wildman–Crippen LogP) is 4.40. The molecule has 5 nitrogen and oxygen atoms in total. The number of likely N-dealkylation sites (N-methyl/N-ethyl adjacent to an activating group) is 1. The van der Waals surface area contributed by atoms with Crippen molar-refractivity contribution in [3.05, 3.63) is 96.2 Å². The summed E-state index contributed by atoms with van der Waals surface area (Å²) in [6.45, 7) is 0.934. The number of fused-ring (bicyclic) bond motifs is 1. The number of ether oxygens (including phenoxy) is 2. The maximum atomic E-state index is 10.9. The van der Waals surface area contributed by atoms with Crippen LogP contribution < -0.4 is 14.8 Å². The molecule has 0 radical (unpaired) electrons. The Kier molecular flexibility index (Phi) is 6.55.